The number of carbonyl (C=O) groups excluding carboxylic acids is 3. The number of halogens is 2. The zero-order valence-corrected chi connectivity index (χ0v) is 19.7. The molecule has 2 unspecified atom stereocenters. The van der Waals surface area contributed by atoms with E-state index in [0.29, 0.717) is 48.0 Å². The number of benzene rings is 2. The molecule has 0 aromatic heterocycles. The Kier molecular flexibility index (Phi) is 7.56. The fourth-order valence-corrected chi connectivity index (χ4v) is 4.36. The van der Waals surface area contributed by atoms with Gasteiger partial charge in [0.15, 0.2) is 0 Å². The van der Waals surface area contributed by atoms with Gasteiger partial charge in [-0.15, -0.1) is 0 Å². The second kappa shape index (κ2) is 10.6. The van der Waals surface area contributed by atoms with Gasteiger partial charge in [-0.05, 0) is 49.4 Å². The van der Waals surface area contributed by atoms with E-state index in [9.17, 15) is 14.4 Å². The van der Waals surface area contributed by atoms with Gasteiger partial charge in [-0.25, -0.2) is 0 Å². The molecule has 174 valence electrons. The first-order valence-corrected chi connectivity index (χ1v) is 12.1. The van der Waals surface area contributed by atoms with E-state index in [0.717, 1.165) is 18.4 Å². The van der Waals surface area contributed by atoms with Crippen LogP contribution >= 0.6 is 23.2 Å². The van der Waals surface area contributed by atoms with Gasteiger partial charge in [0.05, 0.1) is 16.0 Å². The number of nitrogens with one attached hydrogen (secondary N) is 2. The molecule has 33 heavy (non-hydrogen) atoms. The summed E-state index contributed by atoms with van der Waals surface area (Å²) in [5.41, 5.74) is 1.42. The number of carbonyl (C=O) groups is 3. The van der Waals surface area contributed by atoms with Crippen LogP contribution in [0.3, 0.4) is 0 Å². The van der Waals surface area contributed by atoms with E-state index >= 15 is 0 Å². The predicted molar refractivity (Wildman–Crippen MR) is 128 cm³/mol. The Morgan fingerprint density at radius 3 is 2.45 bits per heavy atom. The summed E-state index contributed by atoms with van der Waals surface area (Å²) < 4.78 is 0. The van der Waals surface area contributed by atoms with Crippen LogP contribution in [-0.2, 0) is 16.0 Å². The van der Waals surface area contributed by atoms with E-state index < -0.39 is 6.04 Å². The average Bonchev–Trinajstić information content (AvgIpc) is 3.64. The molecule has 3 amide bonds. The van der Waals surface area contributed by atoms with Crippen LogP contribution in [0.5, 0.6) is 0 Å². The largest absolute Gasteiger partial charge is 0.352 e. The summed E-state index contributed by atoms with van der Waals surface area (Å²) in [6, 6.07) is 14.0. The highest BCUT2D eigenvalue weighted by Gasteiger charge is 2.33. The number of rotatable bonds is 7. The third-order valence-electron chi connectivity index (χ3n) is 6.09. The van der Waals surface area contributed by atoms with Gasteiger partial charge in [-0.2, -0.15) is 0 Å². The highest BCUT2D eigenvalue weighted by atomic mass is 35.5. The van der Waals surface area contributed by atoms with E-state index in [-0.39, 0.29) is 29.7 Å². The molecule has 1 saturated heterocycles. The molecule has 2 N–H and O–H groups in total. The minimum Gasteiger partial charge on any atom is -0.352 e. The molecule has 1 heterocycles. The molecule has 8 heteroatoms. The second-order valence-electron chi connectivity index (χ2n) is 8.75. The Morgan fingerprint density at radius 2 is 1.76 bits per heavy atom. The molecule has 6 nitrogen and oxygen atoms in total. The number of hydrogen-bond donors (Lipinski definition) is 2. The van der Waals surface area contributed by atoms with Crippen molar-refractivity contribution in [1.29, 1.82) is 0 Å². The van der Waals surface area contributed by atoms with Crippen LogP contribution in [0.1, 0.15) is 41.6 Å². The fraction of sp³-hybridized carbons (Fsp3) is 0.400. The molecule has 2 aromatic rings. The third-order valence-corrected chi connectivity index (χ3v) is 6.82. The molecule has 1 aliphatic heterocycles. The van der Waals surface area contributed by atoms with Gasteiger partial charge < -0.3 is 15.5 Å². The smallest absolute Gasteiger partial charge is 0.253 e. The van der Waals surface area contributed by atoms with Crippen molar-refractivity contribution < 1.29 is 14.4 Å². The standard InChI is InChI=1S/C25H27Cl2N3O3/c26-20-11-8-17(14-21(20)27)25(33)30-12-4-7-18(15-30)23(31)29-22(24(32)28-19-9-10-19)13-16-5-2-1-3-6-16/h1-3,5-6,8,11,14,18-19,22H,4,7,9-10,12-13,15H2,(H,28,32)(H,29,31). The van der Waals surface area contributed by atoms with Gasteiger partial charge in [-0.3, -0.25) is 14.4 Å². The maximum atomic E-state index is 13.1. The number of likely N-dealkylation sites (tertiary alicyclic amines) is 1. The first-order valence-electron chi connectivity index (χ1n) is 11.3. The Bertz CT molecular complexity index is 1030. The normalized spacial score (nSPS) is 19.0. The lowest BCUT2D eigenvalue weighted by Crippen LogP contribution is -2.52. The number of amides is 3. The first-order chi connectivity index (χ1) is 15.9. The van der Waals surface area contributed by atoms with E-state index in [1.807, 2.05) is 30.3 Å². The third kappa shape index (κ3) is 6.27. The van der Waals surface area contributed by atoms with Gasteiger partial charge in [0, 0.05) is 31.1 Å². The Morgan fingerprint density at radius 1 is 1.00 bits per heavy atom. The van der Waals surface area contributed by atoms with Gasteiger partial charge in [-0.1, -0.05) is 53.5 Å². The van der Waals surface area contributed by atoms with Crippen LogP contribution in [0.4, 0.5) is 0 Å². The van der Waals surface area contributed by atoms with Crippen molar-refractivity contribution in [3.63, 3.8) is 0 Å². The van der Waals surface area contributed by atoms with Crippen LogP contribution in [0.25, 0.3) is 0 Å². The molecule has 4 rings (SSSR count). The van der Waals surface area contributed by atoms with Crippen LogP contribution in [-0.4, -0.2) is 47.8 Å². The van der Waals surface area contributed by atoms with Crippen LogP contribution in [0.2, 0.25) is 10.0 Å². The molecule has 2 aromatic carbocycles. The Hall–Kier alpha value is -2.57. The number of nitrogens with zero attached hydrogens (tertiary/aromatic N) is 1. The summed E-state index contributed by atoms with van der Waals surface area (Å²) >= 11 is 12.0. The summed E-state index contributed by atoms with van der Waals surface area (Å²) in [5.74, 6) is -0.918. The maximum absolute atomic E-state index is 13.1. The zero-order chi connectivity index (χ0) is 23.4. The molecule has 2 aliphatic rings. The second-order valence-corrected chi connectivity index (χ2v) is 9.57. The van der Waals surface area contributed by atoms with Crippen molar-refractivity contribution in [2.75, 3.05) is 13.1 Å². The molecule has 1 aliphatic carbocycles. The Labute approximate surface area is 203 Å². The van der Waals surface area contributed by atoms with Crippen LogP contribution < -0.4 is 10.6 Å². The molecular weight excluding hydrogens is 461 g/mol. The fourth-order valence-electron chi connectivity index (χ4n) is 4.07. The van der Waals surface area contributed by atoms with Gasteiger partial charge in [0.1, 0.15) is 6.04 Å². The first kappa shape index (κ1) is 23.6. The zero-order valence-electron chi connectivity index (χ0n) is 18.2. The van der Waals surface area contributed by atoms with E-state index in [2.05, 4.69) is 10.6 Å². The summed E-state index contributed by atoms with van der Waals surface area (Å²) in [7, 11) is 0. The lowest BCUT2D eigenvalue weighted by Gasteiger charge is -2.33. The van der Waals surface area contributed by atoms with Gasteiger partial charge >= 0.3 is 0 Å². The number of piperidine rings is 1. The van der Waals surface area contributed by atoms with Crippen LogP contribution in [0, 0.1) is 5.92 Å². The van der Waals surface area contributed by atoms with Crippen molar-refractivity contribution in [3.8, 4) is 0 Å². The van der Waals surface area contributed by atoms with E-state index in [1.54, 1.807) is 23.1 Å². The highest BCUT2D eigenvalue weighted by molar-refractivity contribution is 6.42. The summed E-state index contributed by atoms with van der Waals surface area (Å²) in [4.78, 5) is 40.6. The van der Waals surface area contributed by atoms with Crippen LogP contribution in [0.15, 0.2) is 48.5 Å². The summed E-state index contributed by atoms with van der Waals surface area (Å²) in [6.07, 6.45) is 3.75. The maximum Gasteiger partial charge on any atom is 0.253 e. The minimum atomic E-state index is -0.651. The Balaban J connectivity index is 1.41. The lowest BCUT2D eigenvalue weighted by atomic mass is 9.95. The van der Waals surface area contributed by atoms with E-state index in [1.165, 1.54) is 0 Å². The molecule has 0 spiro atoms. The lowest BCUT2D eigenvalue weighted by molar-refractivity contribution is -0.132. The molecular formula is C25H27Cl2N3O3. The SMILES string of the molecule is O=C(NC(Cc1ccccc1)C(=O)NC1CC1)C1CCCN(C(=O)c2ccc(Cl)c(Cl)c2)C1. The minimum absolute atomic E-state index is 0.158. The predicted octanol–water partition coefficient (Wildman–Crippen LogP) is 3.85. The quantitative estimate of drug-likeness (QED) is 0.622. The molecule has 0 radical (unpaired) electrons. The van der Waals surface area contributed by atoms with Crippen molar-refractivity contribution in [1.82, 2.24) is 15.5 Å². The molecule has 1 saturated carbocycles. The van der Waals surface area contributed by atoms with Crippen molar-refractivity contribution in [2.45, 2.75) is 44.2 Å². The average molecular weight is 488 g/mol. The highest BCUT2D eigenvalue weighted by Crippen LogP contribution is 2.25. The summed E-state index contributed by atoms with van der Waals surface area (Å²) in [5, 5.41) is 6.66. The topological polar surface area (TPSA) is 78.5 Å². The van der Waals surface area contributed by atoms with Crippen molar-refractivity contribution in [2.24, 2.45) is 5.92 Å². The van der Waals surface area contributed by atoms with Crippen molar-refractivity contribution >= 4 is 40.9 Å². The molecule has 2 fully saturated rings. The molecule has 0 bridgehead atoms. The number of hydrogen-bond acceptors (Lipinski definition) is 3. The van der Waals surface area contributed by atoms with Gasteiger partial charge in [0.25, 0.3) is 5.91 Å². The monoisotopic (exact) mass is 487 g/mol. The van der Waals surface area contributed by atoms with Gasteiger partial charge in [0.2, 0.25) is 11.8 Å². The summed E-state index contributed by atoms with van der Waals surface area (Å²) in [6.45, 7) is 0.867. The van der Waals surface area contributed by atoms with E-state index in [4.69, 9.17) is 23.2 Å². The molecule has 2 atom stereocenters. The van der Waals surface area contributed by atoms with Crippen molar-refractivity contribution in [3.05, 3.63) is 69.7 Å².